The first-order valence-corrected chi connectivity index (χ1v) is 7.80. The van der Waals surface area contributed by atoms with Crippen LogP contribution in [-0.4, -0.2) is 45.0 Å². The molecular formula is C12H16N2O4S. The maximum absolute atomic E-state index is 11.5. The number of carboxylic acid groups (broad SMARTS) is 1. The van der Waals surface area contributed by atoms with Gasteiger partial charge >= 0.3 is 6.09 Å². The van der Waals surface area contributed by atoms with Crippen LogP contribution in [0.15, 0.2) is 29.2 Å². The lowest BCUT2D eigenvalue weighted by molar-refractivity contribution is 0.191. The van der Waals surface area contributed by atoms with Crippen molar-refractivity contribution in [1.29, 1.82) is 0 Å². The van der Waals surface area contributed by atoms with E-state index in [0.29, 0.717) is 13.1 Å². The molecule has 1 aliphatic heterocycles. The van der Waals surface area contributed by atoms with Crippen LogP contribution in [0.4, 0.5) is 10.5 Å². The zero-order valence-corrected chi connectivity index (χ0v) is 11.4. The minimum Gasteiger partial charge on any atom is -0.465 e. The van der Waals surface area contributed by atoms with Gasteiger partial charge in [0.1, 0.15) is 0 Å². The molecule has 1 saturated heterocycles. The number of amides is 1. The second-order valence-corrected chi connectivity index (χ2v) is 6.67. The molecule has 0 radical (unpaired) electrons. The van der Waals surface area contributed by atoms with Crippen molar-refractivity contribution in [2.75, 3.05) is 24.2 Å². The highest BCUT2D eigenvalue weighted by Gasteiger charge is 2.24. The van der Waals surface area contributed by atoms with Gasteiger partial charge in [0.05, 0.1) is 10.9 Å². The number of anilines is 1. The van der Waals surface area contributed by atoms with E-state index in [0.717, 1.165) is 12.1 Å². The first-order chi connectivity index (χ1) is 8.86. The van der Waals surface area contributed by atoms with Gasteiger partial charge in [0, 0.05) is 25.0 Å². The molecule has 1 heterocycles. The van der Waals surface area contributed by atoms with Crippen molar-refractivity contribution in [2.24, 2.45) is 0 Å². The van der Waals surface area contributed by atoms with E-state index >= 15 is 0 Å². The summed E-state index contributed by atoms with van der Waals surface area (Å²) in [5.74, 6) is 0. The number of hydrogen-bond donors (Lipinski definition) is 2. The fourth-order valence-corrected chi connectivity index (χ4v) is 2.86. The summed E-state index contributed by atoms with van der Waals surface area (Å²) in [5, 5.41) is 11.1. The molecule has 1 aromatic rings. The Hall–Kier alpha value is -1.76. The molecule has 2 rings (SSSR count). The van der Waals surface area contributed by atoms with Gasteiger partial charge in [-0.2, -0.15) is 0 Å². The maximum atomic E-state index is 11.5. The van der Waals surface area contributed by atoms with Crippen LogP contribution in [0.1, 0.15) is 6.42 Å². The largest absolute Gasteiger partial charge is 0.465 e. The first kappa shape index (κ1) is 13.7. The van der Waals surface area contributed by atoms with Gasteiger partial charge in [-0.3, -0.25) is 0 Å². The predicted molar refractivity (Wildman–Crippen MR) is 71.3 cm³/mol. The Kier molecular flexibility index (Phi) is 3.66. The van der Waals surface area contributed by atoms with E-state index in [4.69, 9.17) is 5.11 Å². The molecule has 0 spiro atoms. The zero-order valence-electron chi connectivity index (χ0n) is 10.5. The van der Waals surface area contributed by atoms with Gasteiger partial charge in [-0.25, -0.2) is 13.2 Å². The van der Waals surface area contributed by atoms with Crippen LogP contribution in [0, 0.1) is 0 Å². The van der Waals surface area contributed by atoms with Crippen molar-refractivity contribution in [1.82, 2.24) is 5.32 Å². The number of carbonyl (C=O) groups is 1. The fourth-order valence-electron chi connectivity index (χ4n) is 2.20. The van der Waals surface area contributed by atoms with Crippen molar-refractivity contribution in [3.63, 3.8) is 0 Å². The Morgan fingerprint density at radius 2 is 2.21 bits per heavy atom. The molecule has 6 nitrogen and oxygen atoms in total. The second-order valence-electron chi connectivity index (χ2n) is 4.65. The average molecular weight is 284 g/mol. The van der Waals surface area contributed by atoms with Crippen molar-refractivity contribution in [2.45, 2.75) is 17.4 Å². The molecular weight excluding hydrogens is 268 g/mol. The van der Waals surface area contributed by atoms with Crippen LogP contribution in [0.5, 0.6) is 0 Å². The van der Waals surface area contributed by atoms with Crippen LogP contribution in [-0.2, 0) is 9.84 Å². The quantitative estimate of drug-likeness (QED) is 0.862. The summed E-state index contributed by atoms with van der Waals surface area (Å²) in [7, 11) is -3.22. The summed E-state index contributed by atoms with van der Waals surface area (Å²) in [4.78, 5) is 12.8. The molecule has 0 aromatic heterocycles. The number of rotatable bonds is 3. The highest BCUT2D eigenvalue weighted by molar-refractivity contribution is 7.90. The molecule has 0 bridgehead atoms. The molecule has 2 N–H and O–H groups in total. The van der Waals surface area contributed by atoms with Gasteiger partial charge in [-0.05, 0) is 24.6 Å². The highest BCUT2D eigenvalue weighted by Crippen LogP contribution is 2.23. The molecule has 1 amide bonds. The van der Waals surface area contributed by atoms with Gasteiger partial charge in [-0.15, -0.1) is 0 Å². The van der Waals surface area contributed by atoms with E-state index < -0.39 is 15.9 Å². The summed E-state index contributed by atoms with van der Waals surface area (Å²) < 4.78 is 23.0. The van der Waals surface area contributed by atoms with E-state index in [9.17, 15) is 13.2 Å². The van der Waals surface area contributed by atoms with Crippen molar-refractivity contribution >= 4 is 21.6 Å². The summed E-state index contributed by atoms with van der Waals surface area (Å²) in [6, 6.07) is 6.60. The van der Waals surface area contributed by atoms with Gasteiger partial charge < -0.3 is 15.3 Å². The normalized spacial score (nSPS) is 19.4. The van der Waals surface area contributed by atoms with Gasteiger partial charge in [0.2, 0.25) is 0 Å². The summed E-state index contributed by atoms with van der Waals surface area (Å²) >= 11 is 0. The predicted octanol–water partition coefficient (Wildman–Crippen LogP) is 0.936. The Balaban J connectivity index is 2.14. The number of nitrogens with one attached hydrogen (secondary N) is 1. The van der Waals surface area contributed by atoms with Gasteiger partial charge in [-0.1, -0.05) is 6.07 Å². The molecule has 1 fully saturated rings. The van der Waals surface area contributed by atoms with E-state index in [1.165, 1.54) is 6.26 Å². The Morgan fingerprint density at radius 3 is 2.84 bits per heavy atom. The Morgan fingerprint density at radius 1 is 1.47 bits per heavy atom. The highest BCUT2D eigenvalue weighted by atomic mass is 32.2. The third kappa shape index (κ3) is 3.37. The average Bonchev–Trinajstić information content (AvgIpc) is 2.76. The van der Waals surface area contributed by atoms with Crippen LogP contribution in [0.2, 0.25) is 0 Å². The topological polar surface area (TPSA) is 86.7 Å². The molecule has 1 aliphatic rings. The minimum absolute atomic E-state index is 0.112. The third-order valence-corrected chi connectivity index (χ3v) is 4.24. The third-order valence-electron chi connectivity index (χ3n) is 3.13. The molecule has 0 aliphatic carbocycles. The lowest BCUT2D eigenvalue weighted by atomic mass is 10.3. The molecule has 1 atom stereocenters. The Labute approximate surface area is 112 Å². The molecule has 7 heteroatoms. The summed E-state index contributed by atoms with van der Waals surface area (Å²) in [6.45, 7) is 1.26. The summed E-state index contributed by atoms with van der Waals surface area (Å²) in [6.07, 6.45) is 0.858. The van der Waals surface area contributed by atoms with Crippen LogP contribution < -0.4 is 10.2 Å². The van der Waals surface area contributed by atoms with E-state index in [2.05, 4.69) is 5.32 Å². The number of sulfone groups is 1. The smallest absolute Gasteiger partial charge is 0.404 e. The lowest BCUT2D eigenvalue weighted by Gasteiger charge is -2.19. The minimum atomic E-state index is -3.22. The molecule has 1 aromatic carbocycles. The maximum Gasteiger partial charge on any atom is 0.404 e. The van der Waals surface area contributed by atoms with Crippen LogP contribution in [0.3, 0.4) is 0 Å². The van der Waals surface area contributed by atoms with Crippen molar-refractivity contribution < 1.29 is 18.3 Å². The standard InChI is InChI=1S/C12H16N2O4S/c1-19(17,18)11-4-2-3-10(7-11)14-6-5-9(8-14)13-12(15)16/h2-4,7,9,13H,5-6,8H2,1H3,(H,15,16)/t9-/m1/s1. The molecule has 0 saturated carbocycles. The second kappa shape index (κ2) is 5.08. The monoisotopic (exact) mass is 284 g/mol. The van der Waals surface area contributed by atoms with E-state index in [-0.39, 0.29) is 10.9 Å². The number of hydrogen-bond acceptors (Lipinski definition) is 4. The fraction of sp³-hybridized carbons (Fsp3) is 0.417. The number of benzene rings is 1. The molecule has 104 valence electrons. The number of nitrogens with zero attached hydrogens (tertiary/aromatic N) is 1. The van der Waals surface area contributed by atoms with E-state index in [1.807, 2.05) is 11.0 Å². The van der Waals surface area contributed by atoms with E-state index in [1.54, 1.807) is 18.2 Å². The Bertz CT molecular complexity index is 585. The SMILES string of the molecule is CS(=O)(=O)c1cccc(N2CC[C@@H](NC(=O)O)C2)c1. The zero-order chi connectivity index (χ0) is 14.0. The molecule has 19 heavy (non-hydrogen) atoms. The first-order valence-electron chi connectivity index (χ1n) is 5.91. The van der Waals surface area contributed by atoms with Gasteiger partial charge in [0.15, 0.2) is 9.84 Å². The van der Waals surface area contributed by atoms with Crippen molar-refractivity contribution in [3.05, 3.63) is 24.3 Å². The summed E-state index contributed by atoms with van der Waals surface area (Å²) in [5.41, 5.74) is 0.803. The van der Waals surface area contributed by atoms with Crippen LogP contribution in [0.25, 0.3) is 0 Å². The van der Waals surface area contributed by atoms with Crippen molar-refractivity contribution in [3.8, 4) is 0 Å². The lowest BCUT2D eigenvalue weighted by Crippen LogP contribution is -2.36. The van der Waals surface area contributed by atoms with Gasteiger partial charge in [0.25, 0.3) is 0 Å². The molecule has 0 unspecified atom stereocenters. The van der Waals surface area contributed by atoms with Crippen LogP contribution >= 0.6 is 0 Å².